The molecule has 0 aliphatic heterocycles. The van der Waals surface area contributed by atoms with E-state index in [0.29, 0.717) is 13.2 Å². The fraction of sp³-hybridized carbons (Fsp3) is 0.562. The summed E-state index contributed by atoms with van der Waals surface area (Å²) in [6, 6.07) is 3.93. The van der Waals surface area contributed by atoms with Gasteiger partial charge < -0.3 is 19.7 Å². The van der Waals surface area contributed by atoms with Crippen molar-refractivity contribution in [3.05, 3.63) is 17.1 Å². The van der Waals surface area contributed by atoms with Crippen molar-refractivity contribution in [2.75, 3.05) is 40.9 Å². The maximum Gasteiger partial charge on any atom is 0.163 e. The smallest absolute Gasteiger partial charge is 0.163 e. The Balaban J connectivity index is 2.06. The molecular formula is C16H26N3O2S+. The Kier molecular flexibility index (Phi) is 5.61. The van der Waals surface area contributed by atoms with E-state index in [4.69, 9.17) is 15.2 Å². The zero-order valence-corrected chi connectivity index (χ0v) is 14.7. The summed E-state index contributed by atoms with van der Waals surface area (Å²) in [6.07, 6.45) is 1.01. The van der Waals surface area contributed by atoms with E-state index in [1.165, 1.54) is 0 Å². The predicted octanol–water partition coefficient (Wildman–Crippen LogP) is 2.63. The second-order valence-corrected chi connectivity index (χ2v) is 7.08. The van der Waals surface area contributed by atoms with E-state index in [-0.39, 0.29) is 0 Å². The number of nitrogens with two attached hydrogens (primary N) is 1. The van der Waals surface area contributed by atoms with Gasteiger partial charge in [0.05, 0.1) is 51.1 Å². The van der Waals surface area contributed by atoms with E-state index < -0.39 is 0 Å². The van der Waals surface area contributed by atoms with Crippen molar-refractivity contribution in [2.24, 2.45) is 5.73 Å². The Morgan fingerprint density at radius 1 is 1.27 bits per heavy atom. The zero-order chi connectivity index (χ0) is 16.2. The quantitative estimate of drug-likeness (QED) is 0.599. The number of aromatic nitrogens is 1. The Labute approximate surface area is 136 Å². The van der Waals surface area contributed by atoms with Crippen LogP contribution in [-0.2, 0) is 6.54 Å². The Bertz CT molecular complexity index is 625. The highest BCUT2D eigenvalue weighted by atomic mass is 32.1. The largest absolute Gasteiger partial charge is 0.493 e. The predicted molar refractivity (Wildman–Crippen MR) is 91.7 cm³/mol. The second kappa shape index (κ2) is 7.26. The lowest BCUT2D eigenvalue weighted by atomic mass is 10.3. The highest BCUT2D eigenvalue weighted by Gasteiger charge is 2.13. The van der Waals surface area contributed by atoms with Crippen molar-refractivity contribution in [3.8, 4) is 11.5 Å². The third kappa shape index (κ3) is 4.09. The molecule has 2 aromatic rings. The van der Waals surface area contributed by atoms with Crippen molar-refractivity contribution in [1.82, 2.24) is 4.98 Å². The van der Waals surface area contributed by atoms with Crippen LogP contribution in [0.25, 0.3) is 10.2 Å². The lowest BCUT2D eigenvalue weighted by Crippen LogP contribution is -2.40. The standard InChI is InChI=1S/C16H26N3O2S/c1-5-19(2,3)7-6-8-21-14-9-12-15(10-13(14)20-4)22-16(11-17)18-12/h9-10H,5-8,11,17H2,1-4H3/q+1. The molecular weight excluding hydrogens is 298 g/mol. The van der Waals surface area contributed by atoms with Gasteiger partial charge in [0.15, 0.2) is 11.5 Å². The fourth-order valence-corrected chi connectivity index (χ4v) is 3.03. The van der Waals surface area contributed by atoms with Crippen LogP contribution in [-0.4, -0.2) is 50.4 Å². The number of ether oxygens (including phenoxy) is 2. The minimum atomic E-state index is 0.460. The van der Waals surface area contributed by atoms with Crippen molar-refractivity contribution >= 4 is 21.6 Å². The van der Waals surface area contributed by atoms with E-state index in [1.807, 2.05) is 12.1 Å². The highest BCUT2D eigenvalue weighted by molar-refractivity contribution is 7.18. The van der Waals surface area contributed by atoms with Crippen LogP contribution < -0.4 is 15.2 Å². The molecule has 6 heteroatoms. The summed E-state index contributed by atoms with van der Waals surface area (Å²) in [7, 11) is 6.13. The molecule has 1 aromatic carbocycles. The Morgan fingerprint density at radius 3 is 2.68 bits per heavy atom. The molecule has 0 amide bonds. The molecule has 22 heavy (non-hydrogen) atoms. The van der Waals surface area contributed by atoms with Crippen molar-refractivity contribution in [2.45, 2.75) is 19.9 Å². The van der Waals surface area contributed by atoms with Crippen LogP contribution >= 0.6 is 11.3 Å². The Morgan fingerprint density at radius 2 is 2.05 bits per heavy atom. The van der Waals surface area contributed by atoms with Crippen LogP contribution in [0.1, 0.15) is 18.4 Å². The first kappa shape index (κ1) is 17.0. The number of rotatable bonds is 8. The molecule has 0 spiro atoms. The van der Waals surface area contributed by atoms with Crippen LogP contribution in [0.3, 0.4) is 0 Å². The van der Waals surface area contributed by atoms with E-state index in [2.05, 4.69) is 26.0 Å². The molecule has 1 heterocycles. The number of quaternary nitrogens is 1. The van der Waals surface area contributed by atoms with Gasteiger partial charge in [-0.15, -0.1) is 11.3 Å². The number of hydrogen-bond donors (Lipinski definition) is 1. The first-order valence-corrected chi connectivity index (χ1v) is 8.43. The molecule has 5 nitrogen and oxygen atoms in total. The molecule has 0 bridgehead atoms. The van der Waals surface area contributed by atoms with Gasteiger partial charge in [0.25, 0.3) is 0 Å². The zero-order valence-electron chi connectivity index (χ0n) is 13.9. The molecule has 0 aliphatic carbocycles. The maximum absolute atomic E-state index is 5.92. The van der Waals surface area contributed by atoms with Crippen LogP contribution in [0, 0.1) is 0 Å². The molecule has 0 atom stereocenters. The third-order valence-corrected chi connectivity index (χ3v) is 4.95. The van der Waals surface area contributed by atoms with Gasteiger partial charge >= 0.3 is 0 Å². The summed E-state index contributed by atoms with van der Waals surface area (Å²) in [5.74, 6) is 1.51. The monoisotopic (exact) mass is 324 g/mol. The molecule has 0 aliphatic rings. The fourth-order valence-electron chi connectivity index (χ4n) is 2.18. The van der Waals surface area contributed by atoms with Gasteiger partial charge in [0.1, 0.15) is 5.01 Å². The van der Waals surface area contributed by atoms with Gasteiger partial charge in [-0.05, 0) is 6.92 Å². The molecule has 0 saturated carbocycles. The lowest BCUT2D eigenvalue weighted by molar-refractivity contribution is -0.888. The number of nitrogens with zero attached hydrogens (tertiary/aromatic N) is 2. The van der Waals surface area contributed by atoms with Gasteiger partial charge in [0, 0.05) is 25.1 Å². The molecule has 0 saturated heterocycles. The summed E-state index contributed by atoms with van der Waals surface area (Å²) in [6.45, 7) is 5.55. The first-order valence-electron chi connectivity index (χ1n) is 7.61. The topological polar surface area (TPSA) is 57.4 Å². The minimum absolute atomic E-state index is 0.460. The van der Waals surface area contributed by atoms with Gasteiger partial charge in [-0.3, -0.25) is 0 Å². The summed E-state index contributed by atoms with van der Waals surface area (Å²) >= 11 is 1.60. The molecule has 0 unspecified atom stereocenters. The van der Waals surface area contributed by atoms with E-state index in [1.54, 1.807) is 18.4 Å². The van der Waals surface area contributed by atoms with Crippen LogP contribution in [0.15, 0.2) is 12.1 Å². The van der Waals surface area contributed by atoms with E-state index >= 15 is 0 Å². The second-order valence-electron chi connectivity index (χ2n) is 5.96. The summed E-state index contributed by atoms with van der Waals surface area (Å²) in [4.78, 5) is 4.50. The maximum atomic E-state index is 5.92. The average molecular weight is 324 g/mol. The molecule has 0 fully saturated rings. The van der Waals surface area contributed by atoms with E-state index in [9.17, 15) is 0 Å². The van der Waals surface area contributed by atoms with Crippen LogP contribution in [0.4, 0.5) is 0 Å². The molecule has 2 rings (SSSR count). The summed E-state index contributed by atoms with van der Waals surface area (Å²) < 4.78 is 13.4. The molecule has 1 aromatic heterocycles. The molecule has 2 N–H and O–H groups in total. The summed E-state index contributed by atoms with van der Waals surface area (Å²) in [5.41, 5.74) is 6.58. The number of thiazole rings is 1. The van der Waals surface area contributed by atoms with Gasteiger partial charge in [-0.1, -0.05) is 0 Å². The van der Waals surface area contributed by atoms with Crippen molar-refractivity contribution in [1.29, 1.82) is 0 Å². The van der Waals surface area contributed by atoms with Crippen molar-refractivity contribution < 1.29 is 14.0 Å². The van der Waals surface area contributed by atoms with Gasteiger partial charge in [-0.2, -0.15) is 0 Å². The molecule has 0 radical (unpaired) electrons. The van der Waals surface area contributed by atoms with Gasteiger partial charge in [0.2, 0.25) is 0 Å². The van der Waals surface area contributed by atoms with Crippen LogP contribution in [0.2, 0.25) is 0 Å². The van der Waals surface area contributed by atoms with Crippen molar-refractivity contribution in [3.63, 3.8) is 0 Å². The average Bonchev–Trinajstić information content (AvgIpc) is 2.92. The third-order valence-electron chi connectivity index (χ3n) is 3.91. The first-order chi connectivity index (χ1) is 10.5. The minimum Gasteiger partial charge on any atom is -0.493 e. The number of benzene rings is 1. The normalized spacial score (nSPS) is 11.9. The Hall–Kier alpha value is -1.37. The van der Waals surface area contributed by atoms with E-state index in [0.717, 1.165) is 50.7 Å². The van der Waals surface area contributed by atoms with Crippen LogP contribution in [0.5, 0.6) is 11.5 Å². The molecule has 122 valence electrons. The number of fused-ring (bicyclic) bond motifs is 1. The lowest BCUT2D eigenvalue weighted by Gasteiger charge is -2.28. The number of methoxy groups -OCH3 is 1. The van der Waals surface area contributed by atoms with Gasteiger partial charge in [-0.25, -0.2) is 4.98 Å². The highest BCUT2D eigenvalue weighted by Crippen LogP contribution is 2.34. The SMILES string of the molecule is CC[N+](C)(C)CCCOc1cc2nc(CN)sc2cc1OC. The number of hydrogen-bond acceptors (Lipinski definition) is 5. The summed E-state index contributed by atoms with van der Waals surface area (Å²) in [5, 5.41) is 0.927.